The maximum absolute atomic E-state index is 12.8. The molecule has 0 aromatic carbocycles. The summed E-state index contributed by atoms with van der Waals surface area (Å²) >= 11 is 0. The summed E-state index contributed by atoms with van der Waals surface area (Å²) in [6, 6.07) is 5.53. The second-order valence-corrected chi connectivity index (χ2v) is 7.09. The summed E-state index contributed by atoms with van der Waals surface area (Å²) in [5.74, 6) is 1.57. The largest absolute Gasteiger partial charge is 0.471 e. The number of likely N-dealkylation sites (tertiary alicyclic amines) is 1. The van der Waals surface area contributed by atoms with Crippen LogP contribution in [0.2, 0.25) is 0 Å². The molecule has 1 amide bonds. The van der Waals surface area contributed by atoms with Gasteiger partial charge in [0.25, 0.3) is 11.7 Å². The molecule has 4 heterocycles. The van der Waals surface area contributed by atoms with Gasteiger partial charge in [0.15, 0.2) is 5.82 Å². The van der Waals surface area contributed by atoms with E-state index in [4.69, 9.17) is 4.74 Å². The van der Waals surface area contributed by atoms with Crippen LogP contribution in [0.4, 0.5) is 5.82 Å². The standard InChI is InChI=1S/C18H22N8O2/c1-11-9-12(2)26-18(19-11)20-16(23-26)17(27)25-8-7-13(10-25)28-15-6-5-14(21-22-15)24(3)4/h5-6,9,13H,7-8,10H2,1-4H3/t13-/m1/s1. The zero-order valence-corrected chi connectivity index (χ0v) is 16.3. The van der Waals surface area contributed by atoms with E-state index in [0.717, 1.165) is 17.2 Å². The van der Waals surface area contributed by atoms with E-state index >= 15 is 0 Å². The SMILES string of the molecule is Cc1cc(C)n2nc(C(=O)N3CC[C@@H](Oc4ccc(N(C)C)nn4)C3)nc2n1. The molecule has 1 aliphatic rings. The molecule has 0 aliphatic carbocycles. The number of hydrogen-bond acceptors (Lipinski definition) is 8. The smallest absolute Gasteiger partial charge is 0.293 e. The summed E-state index contributed by atoms with van der Waals surface area (Å²) in [7, 11) is 3.80. The average molecular weight is 382 g/mol. The molecule has 1 fully saturated rings. The van der Waals surface area contributed by atoms with Crippen LogP contribution in [0, 0.1) is 13.8 Å². The van der Waals surface area contributed by atoms with Crippen molar-refractivity contribution in [1.29, 1.82) is 0 Å². The highest BCUT2D eigenvalue weighted by Crippen LogP contribution is 2.19. The molecule has 0 N–H and O–H groups in total. The van der Waals surface area contributed by atoms with E-state index in [9.17, 15) is 4.79 Å². The predicted molar refractivity (Wildman–Crippen MR) is 102 cm³/mol. The van der Waals surface area contributed by atoms with E-state index in [1.54, 1.807) is 15.5 Å². The number of carbonyl (C=O) groups is 1. The van der Waals surface area contributed by atoms with Gasteiger partial charge in [0, 0.05) is 44.5 Å². The Morgan fingerprint density at radius 3 is 2.75 bits per heavy atom. The Hall–Kier alpha value is -3.30. The average Bonchev–Trinajstić information content (AvgIpc) is 3.29. The summed E-state index contributed by atoms with van der Waals surface area (Å²) in [4.78, 5) is 25.0. The lowest BCUT2D eigenvalue weighted by atomic mass is 10.3. The number of amides is 1. The highest BCUT2D eigenvalue weighted by Gasteiger charge is 2.31. The minimum absolute atomic E-state index is 0.136. The third kappa shape index (κ3) is 3.45. The Morgan fingerprint density at radius 2 is 2.04 bits per heavy atom. The normalized spacial score (nSPS) is 16.6. The molecule has 0 radical (unpaired) electrons. The number of hydrogen-bond donors (Lipinski definition) is 0. The maximum Gasteiger partial charge on any atom is 0.293 e. The molecule has 1 aliphatic heterocycles. The van der Waals surface area contributed by atoms with E-state index in [0.29, 0.717) is 31.2 Å². The first kappa shape index (κ1) is 18.1. The van der Waals surface area contributed by atoms with Crippen LogP contribution in [0.3, 0.4) is 0 Å². The highest BCUT2D eigenvalue weighted by atomic mass is 16.5. The number of rotatable bonds is 4. The van der Waals surface area contributed by atoms with Crippen molar-refractivity contribution in [3.63, 3.8) is 0 Å². The van der Waals surface area contributed by atoms with Crippen molar-refractivity contribution >= 4 is 17.5 Å². The zero-order chi connectivity index (χ0) is 19.8. The maximum atomic E-state index is 12.8. The fourth-order valence-corrected chi connectivity index (χ4v) is 3.19. The van der Waals surface area contributed by atoms with E-state index in [-0.39, 0.29) is 17.8 Å². The molecule has 3 aromatic rings. The van der Waals surface area contributed by atoms with Crippen molar-refractivity contribution in [2.24, 2.45) is 0 Å². The molecular formula is C18H22N8O2. The number of anilines is 1. The van der Waals surface area contributed by atoms with Crippen LogP contribution < -0.4 is 9.64 Å². The summed E-state index contributed by atoms with van der Waals surface area (Å²) in [5, 5.41) is 12.5. The first-order valence-electron chi connectivity index (χ1n) is 9.09. The lowest BCUT2D eigenvalue weighted by Crippen LogP contribution is -2.31. The molecule has 10 nitrogen and oxygen atoms in total. The highest BCUT2D eigenvalue weighted by molar-refractivity contribution is 5.91. The Labute approximate surface area is 162 Å². The summed E-state index contributed by atoms with van der Waals surface area (Å²) in [6.07, 6.45) is 0.578. The molecule has 3 aromatic heterocycles. The van der Waals surface area contributed by atoms with Crippen LogP contribution in [0.15, 0.2) is 18.2 Å². The number of ether oxygens (including phenoxy) is 1. The van der Waals surface area contributed by atoms with Gasteiger partial charge in [-0.1, -0.05) is 0 Å². The molecular weight excluding hydrogens is 360 g/mol. The number of carbonyl (C=O) groups excluding carboxylic acids is 1. The van der Waals surface area contributed by atoms with Gasteiger partial charge in [-0.05, 0) is 26.0 Å². The zero-order valence-electron chi connectivity index (χ0n) is 16.3. The molecule has 0 unspecified atom stereocenters. The van der Waals surface area contributed by atoms with E-state index in [2.05, 4.69) is 25.3 Å². The van der Waals surface area contributed by atoms with Gasteiger partial charge in [-0.3, -0.25) is 4.79 Å². The van der Waals surface area contributed by atoms with Crippen molar-refractivity contribution in [3.05, 3.63) is 35.4 Å². The molecule has 0 spiro atoms. The summed E-state index contributed by atoms with van der Waals surface area (Å²) in [6.45, 7) is 4.83. The van der Waals surface area contributed by atoms with Crippen LogP contribution in [-0.4, -0.2) is 73.9 Å². The second kappa shape index (κ2) is 7.02. The fraction of sp³-hybridized carbons (Fsp3) is 0.444. The Balaban J connectivity index is 1.43. The third-order valence-electron chi connectivity index (χ3n) is 4.61. The van der Waals surface area contributed by atoms with Crippen LogP contribution in [0.25, 0.3) is 5.78 Å². The van der Waals surface area contributed by atoms with Gasteiger partial charge in [-0.2, -0.15) is 4.98 Å². The lowest BCUT2D eigenvalue weighted by Gasteiger charge is -2.15. The van der Waals surface area contributed by atoms with Gasteiger partial charge < -0.3 is 14.5 Å². The lowest BCUT2D eigenvalue weighted by molar-refractivity contribution is 0.0759. The first-order chi connectivity index (χ1) is 13.4. The number of nitrogens with zero attached hydrogens (tertiary/aromatic N) is 8. The van der Waals surface area contributed by atoms with Gasteiger partial charge in [0.05, 0.1) is 6.54 Å². The Kier molecular flexibility index (Phi) is 4.54. The monoisotopic (exact) mass is 382 g/mol. The molecule has 0 bridgehead atoms. The summed E-state index contributed by atoms with van der Waals surface area (Å²) in [5.41, 5.74) is 1.73. The molecule has 28 heavy (non-hydrogen) atoms. The fourth-order valence-electron chi connectivity index (χ4n) is 3.19. The van der Waals surface area contributed by atoms with E-state index in [1.807, 2.05) is 45.0 Å². The molecule has 146 valence electrons. The van der Waals surface area contributed by atoms with E-state index < -0.39 is 0 Å². The van der Waals surface area contributed by atoms with Crippen molar-refractivity contribution in [2.75, 3.05) is 32.1 Å². The Morgan fingerprint density at radius 1 is 1.21 bits per heavy atom. The first-order valence-corrected chi connectivity index (χ1v) is 9.09. The van der Waals surface area contributed by atoms with Crippen LogP contribution in [-0.2, 0) is 0 Å². The summed E-state index contributed by atoms with van der Waals surface area (Å²) < 4.78 is 7.47. The van der Waals surface area contributed by atoms with Crippen LogP contribution in [0.5, 0.6) is 5.88 Å². The molecule has 1 saturated heterocycles. The number of fused-ring (bicyclic) bond motifs is 1. The third-order valence-corrected chi connectivity index (χ3v) is 4.61. The molecule has 0 saturated carbocycles. The second-order valence-electron chi connectivity index (χ2n) is 7.09. The molecule has 10 heteroatoms. The minimum atomic E-state index is -0.220. The van der Waals surface area contributed by atoms with Gasteiger partial charge in [0.1, 0.15) is 6.10 Å². The number of aryl methyl sites for hydroxylation is 2. The van der Waals surface area contributed by atoms with Crippen molar-refractivity contribution < 1.29 is 9.53 Å². The van der Waals surface area contributed by atoms with Crippen molar-refractivity contribution in [2.45, 2.75) is 26.4 Å². The van der Waals surface area contributed by atoms with Gasteiger partial charge in [0.2, 0.25) is 11.7 Å². The van der Waals surface area contributed by atoms with Gasteiger partial charge in [-0.15, -0.1) is 15.3 Å². The predicted octanol–water partition coefficient (Wildman–Crippen LogP) is 0.891. The van der Waals surface area contributed by atoms with Crippen molar-refractivity contribution in [1.82, 2.24) is 34.7 Å². The minimum Gasteiger partial charge on any atom is -0.471 e. The number of aromatic nitrogens is 6. The van der Waals surface area contributed by atoms with Crippen LogP contribution >= 0.6 is 0 Å². The topological polar surface area (TPSA) is 102 Å². The Bertz CT molecular complexity index is 1010. The van der Waals surface area contributed by atoms with Gasteiger partial charge in [-0.25, -0.2) is 9.50 Å². The van der Waals surface area contributed by atoms with Crippen molar-refractivity contribution in [3.8, 4) is 5.88 Å². The van der Waals surface area contributed by atoms with Crippen LogP contribution in [0.1, 0.15) is 28.4 Å². The van der Waals surface area contributed by atoms with E-state index in [1.165, 1.54) is 0 Å². The molecule has 1 atom stereocenters. The molecule has 4 rings (SSSR count). The quantitative estimate of drug-likeness (QED) is 0.656. The van der Waals surface area contributed by atoms with Gasteiger partial charge >= 0.3 is 0 Å².